The van der Waals surface area contributed by atoms with E-state index in [-0.39, 0.29) is 11.6 Å². The molecule has 1 aliphatic rings. The predicted octanol–water partition coefficient (Wildman–Crippen LogP) is 3.29. The Labute approximate surface area is 107 Å². The summed E-state index contributed by atoms with van der Waals surface area (Å²) in [6.07, 6.45) is 3.02. The first-order valence-electron chi connectivity index (χ1n) is 7.22. The molecule has 1 saturated carbocycles. The molecule has 0 heterocycles. The van der Waals surface area contributed by atoms with Crippen molar-refractivity contribution in [3.63, 3.8) is 0 Å². The van der Waals surface area contributed by atoms with Gasteiger partial charge in [-0.05, 0) is 58.4 Å². The third-order valence-electron chi connectivity index (χ3n) is 4.30. The molecule has 1 fully saturated rings. The van der Waals surface area contributed by atoms with E-state index in [0.717, 1.165) is 25.3 Å². The lowest BCUT2D eigenvalue weighted by atomic mass is 9.75. The SMILES string of the molecule is CCN(C1CC(O)CCC1C(C)C)C(C)(C)C. The number of rotatable bonds is 3. The molecule has 0 aromatic carbocycles. The van der Waals surface area contributed by atoms with Crippen molar-refractivity contribution in [1.82, 2.24) is 4.90 Å². The first kappa shape index (κ1) is 15.0. The molecule has 2 nitrogen and oxygen atoms in total. The summed E-state index contributed by atoms with van der Waals surface area (Å²) in [5, 5.41) is 9.96. The highest BCUT2D eigenvalue weighted by atomic mass is 16.3. The van der Waals surface area contributed by atoms with Gasteiger partial charge in [0.1, 0.15) is 0 Å². The molecular weight excluding hydrogens is 210 g/mol. The highest BCUT2D eigenvalue weighted by Gasteiger charge is 2.38. The van der Waals surface area contributed by atoms with Gasteiger partial charge in [0.15, 0.2) is 0 Å². The topological polar surface area (TPSA) is 23.5 Å². The van der Waals surface area contributed by atoms with Crippen molar-refractivity contribution in [2.45, 2.75) is 78.5 Å². The minimum atomic E-state index is -0.0913. The summed E-state index contributed by atoms with van der Waals surface area (Å²) in [6.45, 7) is 14.8. The molecule has 1 aliphatic carbocycles. The molecule has 1 N–H and O–H groups in total. The van der Waals surface area contributed by atoms with Crippen molar-refractivity contribution >= 4 is 0 Å². The zero-order valence-corrected chi connectivity index (χ0v) is 12.5. The fourth-order valence-electron chi connectivity index (χ4n) is 3.49. The lowest BCUT2D eigenvalue weighted by Crippen LogP contribution is -2.54. The van der Waals surface area contributed by atoms with Crippen LogP contribution in [0, 0.1) is 11.8 Å². The van der Waals surface area contributed by atoms with Crippen molar-refractivity contribution < 1.29 is 5.11 Å². The van der Waals surface area contributed by atoms with E-state index >= 15 is 0 Å². The molecule has 0 saturated heterocycles. The van der Waals surface area contributed by atoms with E-state index in [1.807, 2.05) is 0 Å². The van der Waals surface area contributed by atoms with Gasteiger partial charge in [-0.25, -0.2) is 0 Å². The van der Waals surface area contributed by atoms with Crippen LogP contribution in [-0.4, -0.2) is 34.2 Å². The van der Waals surface area contributed by atoms with Crippen LogP contribution in [0.3, 0.4) is 0 Å². The molecule has 3 unspecified atom stereocenters. The third kappa shape index (κ3) is 3.69. The summed E-state index contributed by atoms with van der Waals surface area (Å²) in [7, 11) is 0. The van der Waals surface area contributed by atoms with Gasteiger partial charge in [-0.3, -0.25) is 4.90 Å². The molecule has 102 valence electrons. The fourth-order valence-corrected chi connectivity index (χ4v) is 3.49. The Morgan fingerprint density at radius 1 is 1.24 bits per heavy atom. The van der Waals surface area contributed by atoms with Crippen LogP contribution >= 0.6 is 0 Å². The number of nitrogens with zero attached hydrogens (tertiary/aromatic N) is 1. The summed E-state index contributed by atoms with van der Waals surface area (Å²) in [4.78, 5) is 2.58. The minimum Gasteiger partial charge on any atom is -0.393 e. The first-order valence-corrected chi connectivity index (χ1v) is 7.22. The van der Waals surface area contributed by atoms with Gasteiger partial charge in [0.05, 0.1) is 6.10 Å². The van der Waals surface area contributed by atoms with E-state index in [2.05, 4.69) is 46.4 Å². The number of aliphatic hydroxyl groups excluding tert-OH is 1. The van der Waals surface area contributed by atoms with Crippen LogP contribution in [0.15, 0.2) is 0 Å². The lowest BCUT2D eigenvalue weighted by molar-refractivity contribution is -0.0241. The Hall–Kier alpha value is -0.0800. The van der Waals surface area contributed by atoms with E-state index < -0.39 is 0 Å². The molecule has 0 spiro atoms. The summed E-state index contributed by atoms with van der Waals surface area (Å²) < 4.78 is 0. The molecule has 2 heteroatoms. The van der Waals surface area contributed by atoms with Crippen molar-refractivity contribution in [3.8, 4) is 0 Å². The van der Waals surface area contributed by atoms with Crippen LogP contribution in [0.4, 0.5) is 0 Å². The molecule has 17 heavy (non-hydrogen) atoms. The van der Waals surface area contributed by atoms with Crippen molar-refractivity contribution in [2.75, 3.05) is 6.54 Å². The summed E-state index contributed by atoms with van der Waals surface area (Å²) in [5.41, 5.74) is 0.198. The fraction of sp³-hybridized carbons (Fsp3) is 1.00. The highest BCUT2D eigenvalue weighted by Crippen LogP contribution is 2.36. The Morgan fingerprint density at radius 2 is 1.82 bits per heavy atom. The second-order valence-corrected chi connectivity index (χ2v) is 6.90. The van der Waals surface area contributed by atoms with Crippen LogP contribution in [0.5, 0.6) is 0 Å². The maximum Gasteiger partial charge on any atom is 0.0555 e. The van der Waals surface area contributed by atoms with E-state index in [9.17, 15) is 5.11 Å². The molecule has 0 bridgehead atoms. The number of aliphatic hydroxyl groups is 1. The van der Waals surface area contributed by atoms with Crippen LogP contribution in [-0.2, 0) is 0 Å². The average molecular weight is 241 g/mol. The molecule has 0 aliphatic heterocycles. The summed E-state index contributed by atoms with van der Waals surface area (Å²) in [6, 6.07) is 0.545. The maximum atomic E-state index is 9.96. The summed E-state index contributed by atoms with van der Waals surface area (Å²) >= 11 is 0. The van der Waals surface area contributed by atoms with Gasteiger partial charge in [-0.15, -0.1) is 0 Å². The largest absolute Gasteiger partial charge is 0.393 e. The van der Waals surface area contributed by atoms with Gasteiger partial charge in [0, 0.05) is 11.6 Å². The quantitative estimate of drug-likeness (QED) is 0.819. The Bertz CT molecular complexity index is 232. The Morgan fingerprint density at radius 3 is 2.24 bits per heavy atom. The monoisotopic (exact) mass is 241 g/mol. The Balaban J connectivity index is 2.87. The van der Waals surface area contributed by atoms with Crippen LogP contribution in [0.2, 0.25) is 0 Å². The van der Waals surface area contributed by atoms with E-state index in [1.165, 1.54) is 6.42 Å². The van der Waals surface area contributed by atoms with Crippen LogP contribution in [0.1, 0.15) is 60.8 Å². The highest BCUT2D eigenvalue weighted by molar-refractivity contribution is 4.92. The summed E-state index contributed by atoms with van der Waals surface area (Å²) in [5.74, 6) is 1.45. The van der Waals surface area contributed by atoms with Gasteiger partial charge >= 0.3 is 0 Å². The molecule has 0 amide bonds. The molecule has 0 aromatic heterocycles. The van der Waals surface area contributed by atoms with E-state index in [4.69, 9.17) is 0 Å². The Kier molecular flexibility index (Phi) is 5.03. The van der Waals surface area contributed by atoms with Gasteiger partial charge in [0.25, 0.3) is 0 Å². The molecule has 1 rings (SSSR count). The zero-order chi connectivity index (χ0) is 13.2. The molecular formula is C15H31NO. The van der Waals surface area contributed by atoms with E-state index in [0.29, 0.717) is 12.0 Å². The molecule has 0 aromatic rings. The van der Waals surface area contributed by atoms with Crippen LogP contribution in [0.25, 0.3) is 0 Å². The first-order chi connectivity index (χ1) is 7.77. The normalized spacial score (nSPS) is 31.2. The third-order valence-corrected chi connectivity index (χ3v) is 4.30. The smallest absolute Gasteiger partial charge is 0.0555 e. The minimum absolute atomic E-state index is 0.0913. The van der Waals surface area contributed by atoms with E-state index in [1.54, 1.807) is 0 Å². The zero-order valence-electron chi connectivity index (χ0n) is 12.5. The van der Waals surface area contributed by atoms with Crippen molar-refractivity contribution in [1.29, 1.82) is 0 Å². The molecule has 3 atom stereocenters. The standard InChI is InChI=1S/C15H31NO/c1-7-16(15(4,5)6)14-10-12(17)8-9-13(14)11(2)3/h11-14,17H,7-10H2,1-6H3. The average Bonchev–Trinajstić information content (AvgIpc) is 2.15. The van der Waals surface area contributed by atoms with Crippen molar-refractivity contribution in [3.05, 3.63) is 0 Å². The van der Waals surface area contributed by atoms with Crippen molar-refractivity contribution in [2.24, 2.45) is 11.8 Å². The number of hydrogen-bond donors (Lipinski definition) is 1. The van der Waals surface area contributed by atoms with Crippen LogP contribution < -0.4 is 0 Å². The predicted molar refractivity (Wildman–Crippen MR) is 74.1 cm³/mol. The maximum absolute atomic E-state index is 9.96. The van der Waals surface area contributed by atoms with Gasteiger partial charge in [-0.1, -0.05) is 20.8 Å². The van der Waals surface area contributed by atoms with Gasteiger partial charge in [0.2, 0.25) is 0 Å². The van der Waals surface area contributed by atoms with Gasteiger partial charge in [-0.2, -0.15) is 0 Å². The second-order valence-electron chi connectivity index (χ2n) is 6.90. The lowest BCUT2D eigenvalue weighted by Gasteiger charge is -2.48. The second kappa shape index (κ2) is 5.71. The molecule has 0 radical (unpaired) electrons. The number of hydrogen-bond acceptors (Lipinski definition) is 2. The van der Waals surface area contributed by atoms with Gasteiger partial charge < -0.3 is 5.11 Å².